The third-order valence-electron chi connectivity index (χ3n) is 2.48. The minimum absolute atomic E-state index is 0.811. The summed E-state index contributed by atoms with van der Waals surface area (Å²) in [5, 5.41) is 9.90. The van der Waals surface area contributed by atoms with Crippen LogP contribution in [0.15, 0.2) is 22.9 Å². The van der Waals surface area contributed by atoms with Gasteiger partial charge in [-0.05, 0) is 54.4 Å². The van der Waals surface area contributed by atoms with Crippen molar-refractivity contribution in [1.82, 2.24) is 9.38 Å². The first-order chi connectivity index (χ1) is 6.89. The molecule has 0 aromatic carbocycles. The zero-order chi connectivity index (χ0) is 11.2. The second-order valence-corrected chi connectivity index (χ2v) is 4.93. The molecule has 4 heteroatoms. The Hall–Kier alpha value is -0.870. The number of hydrogen-bond acceptors (Lipinski definition) is 2. The molecule has 15 heavy (non-hydrogen) atoms. The van der Waals surface area contributed by atoms with Crippen LogP contribution in [0.4, 0.5) is 0 Å². The van der Waals surface area contributed by atoms with E-state index >= 15 is 0 Å². The van der Waals surface area contributed by atoms with E-state index in [1.54, 1.807) is 13.8 Å². The van der Waals surface area contributed by atoms with Crippen molar-refractivity contribution in [2.24, 2.45) is 0 Å². The number of fused-ring (bicyclic) bond motifs is 1. The molecule has 2 aromatic heterocycles. The van der Waals surface area contributed by atoms with Crippen molar-refractivity contribution >= 4 is 21.4 Å². The summed E-state index contributed by atoms with van der Waals surface area (Å²) < 4.78 is 2.80. The number of pyridine rings is 1. The molecule has 0 saturated carbocycles. The van der Waals surface area contributed by atoms with Gasteiger partial charge in [0, 0.05) is 6.20 Å². The van der Waals surface area contributed by atoms with Gasteiger partial charge in [0.25, 0.3) is 0 Å². The summed E-state index contributed by atoms with van der Waals surface area (Å²) in [4.78, 5) is 4.31. The Balaban J connectivity index is 2.71. The number of nitrogens with zero attached hydrogens (tertiary/aromatic N) is 2. The smallest absolute Gasteiger partial charge is 0.132 e. The first kappa shape index (κ1) is 10.6. The Labute approximate surface area is 96.9 Å². The van der Waals surface area contributed by atoms with Gasteiger partial charge in [-0.25, -0.2) is 4.98 Å². The fraction of sp³-hybridized carbons (Fsp3) is 0.364. The molecule has 2 rings (SSSR count). The summed E-state index contributed by atoms with van der Waals surface area (Å²) in [5.74, 6) is 0.930. The van der Waals surface area contributed by atoms with Crippen LogP contribution in [0, 0.1) is 6.92 Å². The summed E-state index contributed by atoms with van der Waals surface area (Å²) in [6.45, 7) is 5.49. The van der Waals surface area contributed by atoms with E-state index in [2.05, 4.69) is 20.9 Å². The summed E-state index contributed by atoms with van der Waals surface area (Å²) >= 11 is 3.41. The number of aryl methyl sites for hydroxylation is 1. The summed E-state index contributed by atoms with van der Waals surface area (Å²) in [5.41, 5.74) is 1.04. The zero-order valence-electron chi connectivity index (χ0n) is 8.95. The average Bonchev–Trinajstić information content (AvgIpc) is 2.41. The summed E-state index contributed by atoms with van der Waals surface area (Å²) in [6.07, 6.45) is 1.93. The first-order valence-corrected chi connectivity index (χ1v) is 5.56. The van der Waals surface area contributed by atoms with Crippen molar-refractivity contribution in [3.8, 4) is 0 Å². The highest BCUT2D eigenvalue weighted by molar-refractivity contribution is 9.10. The predicted molar refractivity (Wildman–Crippen MR) is 62.9 cm³/mol. The first-order valence-electron chi connectivity index (χ1n) is 4.76. The van der Waals surface area contributed by atoms with E-state index in [0.717, 1.165) is 21.5 Å². The van der Waals surface area contributed by atoms with Crippen LogP contribution >= 0.6 is 15.9 Å². The van der Waals surface area contributed by atoms with Crippen LogP contribution in [0.25, 0.3) is 5.52 Å². The summed E-state index contributed by atoms with van der Waals surface area (Å²) in [7, 11) is 0. The van der Waals surface area contributed by atoms with E-state index < -0.39 is 5.60 Å². The second-order valence-electron chi connectivity index (χ2n) is 4.18. The lowest BCUT2D eigenvalue weighted by molar-refractivity contribution is 0.0786. The molecule has 0 saturated heterocycles. The third kappa shape index (κ3) is 1.79. The highest BCUT2D eigenvalue weighted by Crippen LogP contribution is 2.25. The fourth-order valence-electron chi connectivity index (χ4n) is 1.57. The Kier molecular flexibility index (Phi) is 2.35. The van der Waals surface area contributed by atoms with Gasteiger partial charge in [0.1, 0.15) is 10.4 Å². The second kappa shape index (κ2) is 3.32. The third-order valence-corrected chi connectivity index (χ3v) is 3.06. The van der Waals surface area contributed by atoms with Crippen molar-refractivity contribution in [2.75, 3.05) is 0 Å². The molecular weight excluding hydrogens is 256 g/mol. The van der Waals surface area contributed by atoms with Crippen LogP contribution in [0.3, 0.4) is 0 Å². The van der Waals surface area contributed by atoms with Gasteiger partial charge >= 0.3 is 0 Å². The zero-order valence-corrected chi connectivity index (χ0v) is 10.5. The highest BCUT2D eigenvalue weighted by Gasteiger charge is 2.17. The topological polar surface area (TPSA) is 37.5 Å². The molecule has 3 nitrogen and oxygen atoms in total. The molecule has 0 aliphatic carbocycles. The molecule has 0 atom stereocenters. The van der Waals surface area contributed by atoms with Crippen molar-refractivity contribution in [3.05, 3.63) is 34.3 Å². The van der Waals surface area contributed by atoms with Gasteiger partial charge < -0.3 is 9.51 Å². The lowest BCUT2D eigenvalue weighted by Gasteiger charge is -2.17. The molecule has 80 valence electrons. The van der Waals surface area contributed by atoms with E-state index in [9.17, 15) is 5.11 Å². The molecule has 0 amide bonds. The fourth-order valence-corrected chi connectivity index (χ4v) is 2.14. The van der Waals surface area contributed by atoms with Gasteiger partial charge in [0.2, 0.25) is 0 Å². The van der Waals surface area contributed by atoms with Gasteiger partial charge in [0.15, 0.2) is 0 Å². The number of imidazole rings is 1. The van der Waals surface area contributed by atoms with Crippen molar-refractivity contribution < 1.29 is 5.11 Å². The molecule has 1 N–H and O–H groups in total. The Bertz CT molecular complexity index is 511. The Morgan fingerprint density at radius 3 is 2.73 bits per heavy atom. The molecule has 0 spiro atoms. The molecule has 0 unspecified atom stereocenters. The molecular formula is C11H13BrN2O. The molecule has 0 radical (unpaired) electrons. The highest BCUT2D eigenvalue weighted by atomic mass is 79.9. The maximum absolute atomic E-state index is 9.90. The normalized spacial score (nSPS) is 12.3. The molecule has 0 aliphatic rings. The van der Waals surface area contributed by atoms with Gasteiger partial charge in [0.05, 0.1) is 11.1 Å². The number of rotatable bonds is 1. The number of halogens is 1. The molecule has 0 aliphatic heterocycles. The van der Waals surface area contributed by atoms with Crippen LogP contribution < -0.4 is 0 Å². The lowest BCUT2D eigenvalue weighted by Crippen LogP contribution is -2.15. The lowest BCUT2D eigenvalue weighted by atomic mass is 9.99. The van der Waals surface area contributed by atoms with Crippen molar-refractivity contribution in [3.63, 3.8) is 0 Å². The van der Waals surface area contributed by atoms with Crippen molar-refractivity contribution in [1.29, 1.82) is 0 Å². The Morgan fingerprint density at radius 2 is 2.13 bits per heavy atom. The van der Waals surface area contributed by atoms with Crippen molar-refractivity contribution in [2.45, 2.75) is 26.4 Å². The number of aliphatic hydroxyl groups is 1. The SMILES string of the molecule is Cc1nc(Br)c2cc(C(C)(C)O)ccn12. The van der Waals surface area contributed by atoms with Crippen LogP contribution in [-0.4, -0.2) is 14.5 Å². The number of hydrogen-bond donors (Lipinski definition) is 1. The van der Waals surface area contributed by atoms with Crippen LogP contribution in [-0.2, 0) is 5.60 Å². The minimum Gasteiger partial charge on any atom is -0.386 e. The van der Waals surface area contributed by atoms with E-state index in [0.29, 0.717) is 0 Å². The van der Waals surface area contributed by atoms with E-state index in [1.165, 1.54) is 0 Å². The molecule has 2 aromatic rings. The van der Waals surface area contributed by atoms with E-state index in [4.69, 9.17) is 0 Å². The monoisotopic (exact) mass is 268 g/mol. The van der Waals surface area contributed by atoms with E-state index in [-0.39, 0.29) is 0 Å². The molecule has 0 bridgehead atoms. The van der Waals surface area contributed by atoms with Crippen LogP contribution in [0.5, 0.6) is 0 Å². The Morgan fingerprint density at radius 1 is 1.47 bits per heavy atom. The minimum atomic E-state index is -0.820. The molecule has 2 heterocycles. The number of aromatic nitrogens is 2. The van der Waals surface area contributed by atoms with Gasteiger partial charge in [-0.15, -0.1) is 0 Å². The maximum atomic E-state index is 9.90. The van der Waals surface area contributed by atoms with E-state index in [1.807, 2.05) is 29.7 Å². The van der Waals surface area contributed by atoms with Gasteiger partial charge in [-0.3, -0.25) is 0 Å². The quantitative estimate of drug-likeness (QED) is 0.864. The maximum Gasteiger partial charge on any atom is 0.132 e. The van der Waals surface area contributed by atoms with Gasteiger partial charge in [-0.1, -0.05) is 0 Å². The van der Waals surface area contributed by atoms with Crippen LogP contribution in [0.1, 0.15) is 25.2 Å². The predicted octanol–water partition coefficient (Wildman–Crippen LogP) is 2.63. The van der Waals surface area contributed by atoms with Gasteiger partial charge in [-0.2, -0.15) is 0 Å². The average molecular weight is 269 g/mol. The van der Waals surface area contributed by atoms with Crippen LogP contribution in [0.2, 0.25) is 0 Å². The molecule has 0 fully saturated rings. The largest absolute Gasteiger partial charge is 0.386 e. The standard InChI is InChI=1S/C11H13BrN2O/c1-7-13-10(12)9-6-8(11(2,3)15)4-5-14(7)9/h4-6,15H,1-3H3. The summed E-state index contributed by atoms with van der Waals surface area (Å²) in [6, 6.07) is 3.86.